The van der Waals surface area contributed by atoms with Gasteiger partial charge < -0.3 is 4.57 Å². The molecular weight excluding hydrogens is 318 g/mol. The number of aryl methyl sites for hydroxylation is 1. The van der Waals surface area contributed by atoms with E-state index in [1.165, 1.54) is 28.4 Å². The normalized spacial score (nSPS) is 17.2. The van der Waals surface area contributed by atoms with Crippen molar-refractivity contribution >= 4 is 19.1 Å². The van der Waals surface area contributed by atoms with Crippen LogP contribution in [-0.2, 0) is 6.42 Å². The van der Waals surface area contributed by atoms with Gasteiger partial charge in [-0.2, -0.15) is 0 Å². The van der Waals surface area contributed by atoms with E-state index in [9.17, 15) is 0 Å². The molecule has 0 saturated heterocycles. The number of rotatable bonds is 3. The van der Waals surface area contributed by atoms with Gasteiger partial charge in [0, 0.05) is 11.7 Å². The molecule has 0 saturated carbocycles. The molecule has 3 aromatic rings. The minimum Gasteiger partial charge on any atom is -0.387 e. The second-order valence-electron chi connectivity index (χ2n) is 7.39. The number of para-hydroxylation sites is 1. The fourth-order valence-corrected chi connectivity index (χ4v) is 7.38. The molecule has 1 unspecified atom stereocenters. The first-order valence-electron chi connectivity index (χ1n) is 9.15. The molecule has 0 spiro atoms. The third kappa shape index (κ3) is 2.91. The summed E-state index contributed by atoms with van der Waals surface area (Å²) in [7, 11) is -1.84. The number of anilines is 1. The second kappa shape index (κ2) is 6.53. The van der Waals surface area contributed by atoms with Gasteiger partial charge in [0.05, 0.1) is 0 Å². The highest BCUT2D eigenvalue weighted by molar-refractivity contribution is 6.92. The lowest BCUT2D eigenvalue weighted by molar-refractivity contribution is 0.616. The van der Waals surface area contributed by atoms with Crippen molar-refractivity contribution in [2.45, 2.75) is 32.0 Å². The van der Waals surface area contributed by atoms with E-state index in [2.05, 4.69) is 103 Å². The fourth-order valence-electron chi connectivity index (χ4n) is 4.21. The molecule has 4 rings (SSSR count). The summed E-state index contributed by atoms with van der Waals surface area (Å²) in [4.78, 5) is 0. The molecule has 2 heteroatoms. The van der Waals surface area contributed by atoms with Crippen molar-refractivity contribution in [1.29, 1.82) is 0 Å². The molecule has 0 amide bonds. The van der Waals surface area contributed by atoms with Gasteiger partial charge in [-0.1, -0.05) is 78.9 Å². The summed E-state index contributed by atoms with van der Waals surface area (Å²) in [5.74, 6) is 0. The smallest absolute Gasteiger partial charge is 0.182 e. The van der Waals surface area contributed by atoms with Crippen molar-refractivity contribution < 1.29 is 0 Å². The van der Waals surface area contributed by atoms with Crippen LogP contribution in [0.25, 0.3) is 0 Å². The van der Waals surface area contributed by atoms with Crippen molar-refractivity contribution in [2.24, 2.45) is 0 Å². The Labute approximate surface area is 152 Å². The first kappa shape index (κ1) is 16.2. The third-order valence-electron chi connectivity index (χ3n) is 5.52. The highest BCUT2D eigenvalue weighted by Crippen LogP contribution is 2.41. The molecular formula is C23H25NSi. The number of benzene rings is 3. The molecule has 0 aromatic heterocycles. The van der Waals surface area contributed by atoms with E-state index in [0.29, 0.717) is 6.04 Å². The Bertz CT molecular complexity index is 842. The van der Waals surface area contributed by atoms with E-state index in [-0.39, 0.29) is 0 Å². The molecule has 1 aliphatic heterocycles. The Kier molecular flexibility index (Phi) is 4.22. The van der Waals surface area contributed by atoms with Crippen LogP contribution in [0.2, 0.25) is 13.1 Å². The van der Waals surface area contributed by atoms with Crippen molar-refractivity contribution in [3.8, 4) is 0 Å². The van der Waals surface area contributed by atoms with Crippen LogP contribution in [0.1, 0.15) is 23.6 Å². The largest absolute Gasteiger partial charge is 0.387 e. The number of hydrogen-bond donors (Lipinski definition) is 0. The van der Waals surface area contributed by atoms with Gasteiger partial charge in [0.25, 0.3) is 0 Å². The summed E-state index contributed by atoms with van der Waals surface area (Å²) in [6.07, 6.45) is 2.34. The van der Waals surface area contributed by atoms with E-state index in [0.717, 1.165) is 6.42 Å². The summed E-state index contributed by atoms with van der Waals surface area (Å²) in [5.41, 5.74) is 4.36. The van der Waals surface area contributed by atoms with Gasteiger partial charge in [0.15, 0.2) is 8.24 Å². The predicted octanol–water partition coefficient (Wildman–Crippen LogP) is 5.29. The van der Waals surface area contributed by atoms with Crippen LogP contribution in [0.3, 0.4) is 0 Å². The summed E-state index contributed by atoms with van der Waals surface area (Å²) < 4.78 is 2.77. The van der Waals surface area contributed by atoms with E-state index >= 15 is 0 Å². The van der Waals surface area contributed by atoms with Crippen LogP contribution >= 0.6 is 0 Å². The van der Waals surface area contributed by atoms with Crippen LogP contribution in [-0.4, -0.2) is 8.24 Å². The molecule has 0 N–H and O–H groups in total. The number of fused-ring (bicyclic) bond motifs is 1. The Morgan fingerprint density at radius 1 is 0.760 bits per heavy atom. The van der Waals surface area contributed by atoms with Gasteiger partial charge in [-0.25, -0.2) is 0 Å². The van der Waals surface area contributed by atoms with Gasteiger partial charge >= 0.3 is 0 Å². The second-order valence-corrected chi connectivity index (χ2v) is 11.6. The molecule has 0 radical (unpaired) electrons. The van der Waals surface area contributed by atoms with Crippen molar-refractivity contribution in [3.05, 3.63) is 96.1 Å². The van der Waals surface area contributed by atoms with Crippen LogP contribution in [0, 0.1) is 0 Å². The van der Waals surface area contributed by atoms with Gasteiger partial charge in [0.2, 0.25) is 0 Å². The van der Waals surface area contributed by atoms with Gasteiger partial charge in [-0.15, -0.1) is 0 Å². The topological polar surface area (TPSA) is 3.24 Å². The van der Waals surface area contributed by atoms with Gasteiger partial charge in [-0.3, -0.25) is 0 Å². The molecule has 0 fully saturated rings. The number of nitrogens with zero attached hydrogens (tertiary/aromatic N) is 1. The quantitative estimate of drug-likeness (QED) is 0.584. The Balaban J connectivity index is 1.87. The van der Waals surface area contributed by atoms with Crippen molar-refractivity contribution in [2.75, 3.05) is 4.57 Å². The molecule has 1 heterocycles. The lowest BCUT2D eigenvalue weighted by Gasteiger charge is -2.48. The minimum atomic E-state index is -1.84. The maximum Gasteiger partial charge on any atom is 0.182 e. The third-order valence-corrected chi connectivity index (χ3v) is 9.02. The molecule has 3 aromatic carbocycles. The molecule has 0 bridgehead atoms. The average Bonchev–Trinajstić information content (AvgIpc) is 2.68. The zero-order valence-corrected chi connectivity index (χ0v) is 16.0. The van der Waals surface area contributed by atoms with Crippen LogP contribution in [0.4, 0.5) is 5.69 Å². The van der Waals surface area contributed by atoms with E-state index in [1.807, 2.05) is 0 Å². The van der Waals surface area contributed by atoms with Crippen molar-refractivity contribution in [3.63, 3.8) is 0 Å². The standard InChI is InChI=1S/C23H25NSi/c1-25(2,21-14-7-4-8-15-21)24-22-16-10-9-13-20(22)17-18-23(24)19-11-5-3-6-12-19/h3-16,23H,17-18H2,1-2H3. The monoisotopic (exact) mass is 343 g/mol. The first-order chi connectivity index (χ1) is 12.2. The van der Waals surface area contributed by atoms with Crippen molar-refractivity contribution in [1.82, 2.24) is 0 Å². The Hall–Kier alpha value is -2.32. The maximum absolute atomic E-state index is 2.77. The van der Waals surface area contributed by atoms with Crippen LogP contribution < -0.4 is 9.75 Å². The summed E-state index contributed by atoms with van der Waals surface area (Å²) >= 11 is 0. The fraction of sp³-hybridized carbons (Fsp3) is 0.217. The molecule has 1 aliphatic rings. The lowest BCUT2D eigenvalue weighted by Crippen LogP contribution is -2.60. The predicted molar refractivity (Wildman–Crippen MR) is 110 cm³/mol. The SMILES string of the molecule is C[Si](C)(c1ccccc1)N1c2ccccc2CCC1c1ccccc1. The summed E-state index contributed by atoms with van der Waals surface area (Å²) in [6, 6.07) is 31.6. The van der Waals surface area contributed by atoms with Gasteiger partial charge in [0.1, 0.15) is 0 Å². The molecule has 25 heavy (non-hydrogen) atoms. The summed E-state index contributed by atoms with van der Waals surface area (Å²) in [5, 5.41) is 1.49. The lowest BCUT2D eigenvalue weighted by atomic mass is 9.93. The Morgan fingerprint density at radius 2 is 1.36 bits per heavy atom. The molecule has 0 aliphatic carbocycles. The maximum atomic E-state index is 2.77. The van der Waals surface area contributed by atoms with Crippen LogP contribution in [0.5, 0.6) is 0 Å². The minimum absolute atomic E-state index is 0.456. The average molecular weight is 344 g/mol. The molecule has 1 nitrogen and oxygen atoms in total. The highest BCUT2D eigenvalue weighted by Gasteiger charge is 2.40. The van der Waals surface area contributed by atoms with Gasteiger partial charge in [-0.05, 0) is 48.3 Å². The van der Waals surface area contributed by atoms with E-state index < -0.39 is 8.24 Å². The number of hydrogen-bond acceptors (Lipinski definition) is 1. The zero-order valence-electron chi connectivity index (χ0n) is 15.0. The molecule has 1 atom stereocenters. The molecule has 126 valence electrons. The first-order valence-corrected chi connectivity index (χ1v) is 12.1. The van der Waals surface area contributed by atoms with E-state index in [1.54, 1.807) is 0 Å². The Morgan fingerprint density at radius 3 is 2.08 bits per heavy atom. The van der Waals surface area contributed by atoms with Crippen LogP contribution in [0.15, 0.2) is 84.9 Å². The zero-order chi connectivity index (χ0) is 17.3. The summed E-state index contributed by atoms with van der Waals surface area (Å²) in [6.45, 7) is 4.97. The van der Waals surface area contributed by atoms with E-state index in [4.69, 9.17) is 0 Å². The highest BCUT2D eigenvalue weighted by atomic mass is 28.3.